The topological polar surface area (TPSA) is 22.8 Å². The van der Waals surface area contributed by atoms with Crippen LogP contribution in [-0.4, -0.2) is 14.1 Å². The molecule has 252 valence electrons. The van der Waals surface area contributed by atoms with Gasteiger partial charge in [0.1, 0.15) is 5.82 Å². The minimum absolute atomic E-state index is 0.0782. The van der Waals surface area contributed by atoms with E-state index in [-0.39, 0.29) is 5.41 Å². The molecule has 0 aliphatic carbocycles. The lowest BCUT2D eigenvalue weighted by Crippen LogP contribution is -2.10. The molecule has 8 aromatic carbocycles. The maximum absolute atomic E-state index is 5.16. The summed E-state index contributed by atoms with van der Waals surface area (Å²) in [6.45, 7) is 6.90. The van der Waals surface area contributed by atoms with Crippen molar-refractivity contribution < 1.29 is 0 Å². The normalized spacial score (nSPS) is 12.4. The third-order valence-corrected chi connectivity index (χ3v) is 12.3. The summed E-state index contributed by atoms with van der Waals surface area (Å²) in [5.41, 5.74) is 9.30. The highest BCUT2D eigenvalue weighted by molar-refractivity contribution is 7.26. The van der Waals surface area contributed by atoms with Crippen LogP contribution in [0.2, 0.25) is 0 Å². The second-order valence-corrected chi connectivity index (χ2v) is 16.2. The number of nitrogens with zero attached hydrogens (tertiary/aromatic N) is 3. The Morgan fingerprint density at radius 1 is 0.491 bits per heavy atom. The lowest BCUT2D eigenvalue weighted by Gasteiger charge is -2.18. The smallest absolute Gasteiger partial charge is 0.145 e. The molecule has 4 heteroatoms. The van der Waals surface area contributed by atoms with Crippen LogP contribution in [0.25, 0.3) is 97.3 Å². The van der Waals surface area contributed by atoms with E-state index in [1.807, 2.05) is 11.3 Å². The molecule has 0 unspecified atom stereocenters. The van der Waals surface area contributed by atoms with Crippen LogP contribution in [0.5, 0.6) is 0 Å². The molecular formula is C49H35N3S. The van der Waals surface area contributed by atoms with Crippen LogP contribution in [0.15, 0.2) is 158 Å². The monoisotopic (exact) mass is 697 g/mol. The Bertz CT molecular complexity index is 3240. The predicted octanol–water partition coefficient (Wildman–Crippen LogP) is 13.8. The summed E-state index contributed by atoms with van der Waals surface area (Å²) >= 11 is 1.92. The number of hydrogen-bond donors (Lipinski definition) is 0. The van der Waals surface area contributed by atoms with Crippen LogP contribution in [0, 0.1) is 0 Å². The SMILES string of the molecule is CC(C)(C)c1ccc2sc3c(ccc4c3c3c5ccccc5c5ccccc5c3n4-c3ccc(-c4nc5ccccc5n4-c4ccccc4)cc3)c2c1. The van der Waals surface area contributed by atoms with Gasteiger partial charge in [-0.1, -0.05) is 112 Å². The zero-order chi connectivity index (χ0) is 35.4. The molecule has 0 N–H and O–H groups in total. The highest BCUT2D eigenvalue weighted by Crippen LogP contribution is 2.48. The Labute approximate surface area is 311 Å². The fourth-order valence-corrected chi connectivity index (χ4v) is 9.77. The molecule has 11 rings (SSSR count). The quantitative estimate of drug-likeness (QED) is 0.169. The van der Waals surface area contributed by atoms with Gasteiger partial charge in [-0.05, 0) is 93.9 Å². The molecule has 0 radical (unpaired) electrons. The first-order valence-corrected chi connectivity index (χ1v) is 19.1. The lowest BCUT2D eigenvalue weighted by atomic mass is 9.86. The summed E-state index contributed by atoms with van der Waals surface area (Å²) in [4.78, 5) is 5.16. The van der Waals surface area contributed by atoms with E-state index in [0.717, 1.165) is 33.8 Å². The van der Waals surface area contributed by atoms with Crippen molar-refractivity contribution in [3.05, 3.63) is 163 Å². The summed E-state index contributed by atoms with van der Waals surface area (Å²) in [6, 6.07) is 57.6. The Morgan fingerprint density at radius 3 is 1.92 bits per heavy atom. The van der Waals surface area contributed by atoms with Gasteiger partial charge in [-0.15, -0.1) is 11.3 Å². The Morgan fingerprint density at radius 2 is 1.15 bits per heavy atom. The van der Waals surface area contributed by atoms with Crippen LogP contribution >= 0.6 is 11.3 Å². The molecule has 3 nitrogen and oxygen atoms in total. The first-order chi connectivity index (χ1) is 25.9. The lowest BCUT2D eigenvalue weighted by molar-refractivity contribution is 0.591. The number of rotatable bonds is 3. The van der Waals surface area contributed by atoms with Crippen LogP contribution in [0.1, 0.15) is 26.3 Å². The Kier molecular flexibility index (Phi) is 6.39. The van der Waals surface area contributed by atoms with Gasteiger partial charge in [0.05, 0.1) is 22.1 Å². The van der Waals surface area contributed by atoms with E-state index in [4.69, 9.17) is 4.98 Å². The number of aromatic nitrogens is 3. The van der Waals surface area contributed by atoms with Gasteiger partial charge in [0.2, 0.25) is 0 Å². The first kappa shape index (κ1) is 30.4. The van der Waals surface area contributed by atoms with Crippen molar-refractivity contribution in [1.29, 1.82) is 0 Å². The predicted molar refractivity (Wildman–Crippen MR) is 227 cm³/mol. The maximum Gasteiger partial charge on any atom is 0.145 e. The average molecular weight is 698 g/mol. The molecular weight excluding hydrogens is 663 g/mol. The fraction of sp³-hybridized carbons (Fsp3) is 0.0816. The number of hydrogen-bond acceptors (Lipinski definition) is 2. The minimum Gasteiger partial charge on any atom is -0.309 e. The summed E-state index contributed by atoms with van der Waals surface area (Å²) in [5.74, 6) is 0.934. The van der Waals surface area contributed by atoms with Gasteiger partial charge in [-0.25, -0.2) is 4.98 Å². The minimum atomic E-state index is 0.0782. The van der Waals surface area contributed by atoms with Crippen molar-refractivity contribution in [3.63, 3.8) is 0 Å². The number of imidazole rings is 1. The molecule has 11 aromatic rings. The van der Waals surface area contributed by atoms with Crippen molar-refractivity contribution in [1.82, 2.24) is 14.1 Å². The summed E-state index contributed by atoms with van der Waals surface area (Å²) in [7, 11) is 0. The number of benzene rings is 8. The zero-order valence-corrected chi connectivity index (χ0v) is 30.6. The van der Waals surface area contributed by atoms with Gasteiger partial charge >= 0.3 is 0 Å². The maximum atomic E-state index is 5.16. The number of thiophene rings is 1. The van der Waals surface area contributed by atoms with Gasteiger partial charge < -0.3 is 4.57 Å². The largest absolute Gasteiger partial charge is 0.309 e. The van der Waals surface area contributed by atoms with Crippen molar-refractivity contribution in [2.24, 2.45) is 0 Å². The summed E-state index contributed by atoms with van der Waals surface area (Å²) < 4.78 is 7.46. The molecule has 0 spiro atoms. The van der Waals surface area contributed by atoms with Crippen molar-refractivity contribution in [3.8, 4) is 22.8 Å². The standard InChI is InChI=1S/C49H35N3S/c1-49(2,3)31-23-28-43-39(29-31)38-26-27-42-45(47(38)53-43)44-36-17-9-7-15-34(36)35-16-8-10-18-37(35)46(44)51(42)33-24-21-30(22-25-33)48-50-40-19-11-12-20-41(40)52(48)32-13-5-4-6-14-32/h4-29H,1-3H3. The van der Waals surface area contributed by atoms with Crippen LogP contribution in [0.4, 0.5) is 0 Å². The number of fused-ring (bicyclic) bond motifs is 13. The zero-order valence-electron chi connectivity index (χ0n) is 29.8. The van der Waals surface area contributed by atoms with Gasteiger partial charge in [0.15, 0.2) is 0 Å². The third kappa shape index (κ3) is 4.43. The first-order valence-electron chi connectivity index (χ1n) is 18.3. The highest BCUT2D eigenvalue weighted by atomic mass is 32.1. The average Bonchev–Trinajstić information content (AvgIpc) is 3.88. The van der Waals surface area contributed by atoms with Gasteiger partial charge in [-0.3, -0.25) is 4.57 Å². The van der Waals surface area contributed by atoms with Gasteiger partial charge in [0.25, 0.3) is 0 Å². The molecule has 3 heterocycles. The molecule has 0 bridgehead atoms. The van der Waals surface area contributed by atoms with E-state index in [2.05, 4.69) is 188 Å². The van der Waals surface area contributed by atoms with E-state index in [0.29, 0.717) is 0 Å². The van der Waals surface area contributed by atoms with E-state index >= 15 is 0 Å². The van der Waals surface area contributed by atoms with Crippen LogP contribution < -0.4 is 0 Å². The summed E-state index contributed by atoms with van der Waals surface area (Å²) in [6.07, 6.45) is 0. The molecule has 53 heavy (non-hydrogen) atoms. The molecule has 0 amide bonds. The highest BCUT2D eigenvalue weighted by Gasteiger charge is 2.23. The van der Waals surface area contributed by atoms with Crippen molar-refractivity contribution in [2.45, 2.75) is 26.2 Å². The fourth-order valence-electron chi connectivity index (χ4n) is 8.54. The molecule has 0 aliphatic heterocycles. The molecule has 0 aliphatic rings. The second-order valence-electron chi connectivity index (χ2n) is 15.2. The third-order valence-electron chi connectivity index (χ3n) is 11.1. The van der Waals surface area contributed by atoms with Crippen LogP contribution in [0.3, 0.4) is 0 Å². The molecule has 0 fully saturated rings. The van der Waals surface area contributed by atoms with E-state index in [1.165, 1.54) is 69.1 Å². The van der Waals surface area contributed by atoms with Crippen molar-refractivity contribution >= 4 is 85.9 Å². The second kappa shape index (κ2) is 11.1. The van der Waals surface area contributed by atoms with Crippen molar-refractivity contribution in [2.75, 3.05) is 0 Å². The van der Waals surface area contributed by atoms with Gasteiger partial charge in [0, 0.05) is 53.3 Å². The van der Waals surface area contributed by atoms with E-state index < -0.39 is 0 Å². The molecule has 0 saturated heterocycles. The van der Waals surface area contributed by atoms with E-state index in [9.17, 15) is 0 Å². The van der Waals surface area contributed by atoms with E-state index in [1.54, 1.807) is 0 Å². The summed E-state index contributed by atoms with van der Waals surface area (Å²) in [5, 5.41) is 10.4. The number of para-hydroxylation sites is 3. The Balaban J connectivity index is 1.22. The Hall–Kier alpha value is -6.23. The van der Waals surface area contributed by atoms with Crippen LogP contribution in [-0.2, 0) is 5.41 Å². The molecule has 0 atom stereocenters. The molecule has 0 saturated carbocycles. The molecule has 3 aromatic heterocycles. The van der Waals surface area contributed by atoms with Gasteiger partial charge in [-0.2, -0.15) is 0 Å².